The second-order valence-corrected chi connectivity index (χ2v) is 4.68. The zero-order valence-electron chi connectivity index (χ0n) is 9.79. The van der Waals surface area contributed by atoms with Crippen molar-refractivity contribution in [1.82, 2.24) is 5.32 Å². The summed E-state index contributed by atoms with van der Waals surface area (Å²) in [5, 5.41) is 3.34. The Hall–Kier alpha value is -1.13. The number of hydrogen-bond donors (Lipinski definition) is 2. The second-order valence-electron chi connectivity index (χ2n) is 3.80. The van der Waals surface area contributed by atoms with Gasteiger partial charge in [0.25, 0.3) is 5.91 Å². The van der Waals surface area contributed by atoms with E-state index in [9.17, 15) is 4.79 Å². The van der Waals surface area contributed by atoms with Gasteiger partial charge in [0.15, 0.2) is 0 Å². The molecular weight excluding hydrogens is 256 g/mol. The van der Waals surface area contributed by atoms with Crippen LogP contribution in [0.15, 0.2) is 18.2 Å². The lowest BCUT2D eigenvalue weighted by Gasteiger charge is -2.15. The number of aryl methyl sites for hydroxylation is 1. The van der Waals surface area contributed by atoms with Crippen molar-refractivity contribution >= 4 is 34.7 Å². The largest absolute Gasteiger partial charge is 0.392 e. The van der Waals surface area contributed by atoms with E-state index in [0.29, 0.717) is 22.0 Å². The molecular formula is C12H15ClN2OS. The van der Waals surface area contributed by atoms with Crippen LogP contribution in [-0.4, -0.2) is 16.9 Å². The third-order valence-corrected chi connectivity index (χ3v) is 3.18. The molecule has 17 heavy (non-hydrogen) atoms. The van der Waals surface area contributed by atoms with Crippen molar-refractivity contribution in [2.24, 2.45) is 5.73 Å². The van der Waals surface area contributed by atoms with Crippen molar-refractivity contribution in [2.75, 3.05) is 0 Å². The fourth-order valence-electron chi connectivity index (χ4n) is 1.35. The van der Waals surface area contributed by atoms with E-state index in [0.717, 1.165) is 5.56 Å². The molecule has 3 nitrogen and oxygen atoms in total. The number of carbonyl (C=O) groups excluding carboxylic acids is 1. The summed E-state index contributed by atoms with van der Waals surface area (Å²) in [6, 6.07) is 4.89. The summed E-state index contributed by atoms with van der Waals surface area (Å²) in [5.41, 5.74) is 6.96. The molecule has 0 heterocycles. The first-order valence-corrected chi connectivity index (χ1v) is 6.10. The zero-order chi connectivity index (χ0) is 13.0. The van der Waals surface area contributed by atoms with Crippen LogP contribution in [0, 0.1) is 6.92 Å². The predicted molar refractivity (Wildman–Crippen MR) is 74.5 cm³/mol. The highest BCUT2D eigenvalue weighted by Crippen LogP contribution is 2.16. The molecule has 0 aromatic heterocycles. The summed E-state index contributed by atoms with van der Waals surface area (Å²) in [6.07, 6.45) is 0.667. The Labute approximate surface area is 111 Å². The van der Waals surface area contributed by atoms with Crippen molar-refractivity contribution < 1.29 is 4.79 Å². The van der Waals surface area contributed by atoms with Crippen LogP contribution in [0.25, 0.3) is 0 Å². The van der Waals surface area contributed by atoms with Gasteiger partial charge >= 0.3 is 0 Å². The molecule has 0 fully saturated rings. The monoisotopic (exact) mass is 270 g/mol. The van der Waals surface area contributed by atoms with E-state index >= 15 is 0 Å². The molecule has 0 radical (unpaired) electrons. The first-order valence-electron chi connectivity index (χ1n) is 5.32. The van der Waals surface area contributed by atoms with Crippen LogP contribution >= 0.6 is 23.8 Å². The quantitative estimate of drug-likeness (QED) is 0.827. The summed E-state index contributed by atoms with van der Waals surface area (Å²) in [4.78, 5) is 12.2. The lowest BCUT2D eigenvalue weighted by Crippen LogP contribution is -2.42. The molecule has 1 aromatic carbocycles. The maximum atomic E-state index is 11.9. The lowest BCUT2D eigenvalue weighted by atomic mass is 10.1. The van der Waals surface area contributed by atoms with Crippen LogP contribution in [0.5, 0.6) is 0 Å². The lowest BCUT2D eigenvalue weighted by molar-refractivity contribution is 0.0946. The predicted octanol–water partition coefficient (Wildman–Crippen LogP) is 2.44. The third-order valence-electron chi connectivity index (χ3n) is 2.49. The normalized spacial score (nSPS) is 11.9. The average molecular weight is 271 g/mol. The van der Waals surface area contributed by atoms with E-state index in [1.54, 1.807) is 18.2 Å². The fourth-order valence-corrected chi connectivity index (χ4v) is 1.76. The number of benzene rings is 1. The summed E-state index contributed by atoms with van der Waals surface area (Å²) < 4.78 is 0. The molecule has 1 aromatic rings. The fraction of sp³-hybridized carbons (Fsp3) is 0.333. The highest BCUT2D eigenvalue weighted by atomic mass is 35.5. The Bertz CT molecular complexity index is 448. The maximum Gasteiger partial charge on any atom is 0.251 e. The number of carbonyl (C=O) groups is 1. The molecule has 0 aliphatic carbocycles. The van der Waals surface area contributed by atoms with Gasteiger partial charge in [-0.05, 0) is 31.0 Å². The van der Waals surface area contributed by atoms with Crippen LogP contribution in [0.2, 0.25) is 5.02 Å². The molecule has 1 rings (SSSR count). The van der Waals surface area contributed by atoms with Gasteiger partial charge in [0.2, 0.25) is 0 Å². The zero-order valence-corrected chi connectivity index (χ0v) is 11.4. The van der Waals surface area contributed by atoms with Gasteiger partial charge in [-0.2, -0.15) is 0 Å². The van der Waals surface area contributed by atoms with E-state index in [1.807, 2.05) is 13.8 Å². The van der Waals surface area contributed by atoms with E-state index < -0.39 is 0 Å². The Morgan fingerprint density at radius 1 is 1.59 bits per heavy atom. The molecule has 1 atom stereocenters. The minimum atomic E-state index is -0.280. The van der Waals surface area contributed by atoms with Crippen molar-refractivity contribution in [1.29, 1.82) is 0 Å². The number of nitrogens with one attached hydrogen (secondary N) is 1. The Morgan fingerprint density at radius 3 is 2.71 bits per heavy atom. The molecule has 0 bridgehead atoms. The van der Waals surface area contributed by atoms with Crippen molar-refractivity contribution in [3.8, 4) is 0 Å². The van der Waals surface area contributed by atoms with Gasteiger partial charge in [0, 0.05) is 10.6 Å². The molecule has 0 spiro atoms. The Balaban J connectivity index is 2.82. The topological polar surface area (TPSA) is 55.1 Å². The van der Waals surface area contributed by atoms with E-state index in [4.69, 9.17) is 29.6 Å². The number of amides is 1. The number of hydrogen-bond acceptors (Lipinski definition) is 2. The molecule has 3 N–H and O–H groups in total. The van der Waals surface area contributed by atoms with Crippen molar-refractivity contribution in [3.63, 3.8) is 0 Å². The summed E-state index contributed by atoms with van der Waals surface area (Å²) in [5.74, 6) is -0.216. The van der Waals surface area contributed by atoms with E-state index in [2.05, 4.69) is 5.32 Å². The average Bonchev–Trinajstić information content (AvgIpc) is 2.28. The minimum absolute atomic E-state index is 0.216. The molecule has 1 amide bonds. The van der Waals surface area contributed by atoms with Gasteiger partial charge in [-0.3, -0.25) is 4.79 Å². The minimum Gasteiger partial charge on any atom is -0.392 e. The van der Waals surface area contributed by atoms with Gasteiger partial charge < -0.3 is 11.1 Å². The SMILES string of the molecule is CCC(NC(=O)c1ccc(C)c(Cl)c1)C(N)=S. The first-order chi connectivity index (χ1) is 7.95. The summed E-state index contributed by atoms with van der Waals surface area (Å²) >= 11 is 10.8. The van der Waals surface area contributed by atoms with Crippen molar-refractivity contribution in [2.45, 2.75) is 26.3 Å². The van der Waals surface area contributed by atoms with Crippen LogP contribution < -0.4 is 11.1 Å². The summed E-state index contributed by atoms with van der Waals surface area (Å²) in [7, 11) is 0. The highest BCUT2D eigenvalue weighted by molar-refractivity contribution is 7.80. The van der Waals surface area contributed by atoms with E-state index in [1.165, 1.54) is 0 Å². The van der Waals surface area contributed by atoms with Crippen LogP contribution in [0.4, 0.5) is 0 Å². The van der Waals surface area contributed by atoms with Crippen LogP contribution in [-0.2, 0) is 0 Å². The van der Waals surface area contributed by atoms with E-state index in [-0.39, 0.29) is 11.9 Å². The molecule has 0 aliphatic rings. The molecule has 0 saturated carbocycles. The number of thiocarbonyl (C=S) groups is 1. The Kier molecular flexibility index (Phi) is 4.90. The van der Waals surface area contributed by atoms with Crippen LogP contribution in [0.1, 0.15) is 29.3 Å². The van der Waals surface area contributed by atoms with Crippen molar-refractivity contribution in [3.05, 3.63) is 34.3 Å². The van der Waals surface area contributed by atoms with Gasteiger partial charge in [-0.15, -0.1) is 0 Å². The van der Waals surface area contributed by atoms with Gasteiger partial charge in [0.05, 0.1) is 11.0 Å². The number of halogens is 1. The standard InChI is InChI=1S/C12H15ClN2OS/c1-3-10(11(14)17)15-12(16)8-5-4-7(2)9(13)6-8/h4-6,10H,3H2,1-2H3,(H2,14,17)(H,15,16). The molecule has 1 unspecified atom stereocenters. The van der Waals surface area contributed by atoms with Crippen LogP contribution in [0.3, 0.4) is 0 Å². The number of nitrogens with two attached hydrogens (primary N) is 1. The van der Waals surface area contributed by atoms with Gasteiger partial charge in [-0.1, -0.05) is 36.8 Å². The summed E-state index contributed by atoms with van der Waals surface area (Å²) in [6.45, 7) is 3.79. The van der Waals surface area contributed by atoms with Gasteiger partial charge in [0.1, 0.15) is 0 Å². The van der Waals surface area contributed by atoms with Gasteiger partial charge in [-0.25, -0.2) is 0 Å². The molecule has 92 valence electrons. The smallest absolute Gasteiger partial charge is 0.251 e. The first kappa shape index (κ1) is 13.9. The molecule has 0 saturated heterocycles. The highest BCUT2D eigenvalue weighted by Gasteiger charge is 2.14. The Morgan fingerprint density at radius 2 is 2.24 bits per heavy atom. The maximum absolute atomic E-state index is 11.9. The number of rotatable bonds is 4. The molecule has 5 heteroatoms. The molecule has 0 aliphatic heterocycles. The third kappa shape index (κ3) is 3.68. The second kappa shape index (κ2) is 5.98.